The van der Waals surface area contributed by atoms with Gasteiger partial charge < -0.3 is 0 Å². The van der Waals surface area contributed by atoms with Crippen molar-refractivity contribution in [2.75, 3.05) is 0 Å². The lowest BCUT2D eigenvalue weighted by molar-refractivity contribution is 0.322. The SMILES string of the molecule is CCCCCCCCCCCCCCCCCCC(C)C(C)CCCCCC. The average molecular weight is 395 g/mol. The Hall–Kier alpha value is 0. The molecule has 28 heavy (non-hydrogen) atoms. The number of hydrogen-bond donors (Lipinski definition) is 0. The van der Waals surface area contributed by atoms with E-state index in [-0.39, 0.29) is 0 Å². The third kappa shape index (κ3) is 20.7. The van der Waals surface area contributed by atoms with E-state index >= 15 is 0 Å². The summed E-state index contributed by atoms with van der Waals surface area (Å²) in [4.78, 5) is 0. The zero-order valence-electron chi connectivity index (χ0n) is 20.7. The Balaban J connectivity index is 3.20. The normalized spacial score (nSPS) is 13.7. The molecule has 0 aliphatic heterocycles. The van der Waals surface area contributed by atoms with E-state index in [0.717, 1.165) is 11.8 Å². The third-order valence-electron chi connectivity index (χ3n) is 7.00. The molecule has 0 saturated heterocycles. The summed E-state index contributed by atoms with van der Waals surface area (Å²) >= 11 is 0. The molecule has 0 bridgehead atoms. The second-order valence-corrected chi connectivity index (χ2v) is 9.90. The molecule has 0 radical (unpaired) electrons. The van der Waals surface area contributed by atoms with Crippen LogP contribution in [0.15, 0.2) is 0 Å². The van der Waals surface area contributed by atoms with Crippen molar-refractivity contribution >= 4 is 0 Å². The summed E-state index contributed by atoms with van der Waals surface area (Å²) in [5, 5.41) is 0. The summed E-state index contributed by atoms with van der Waals surface area (Å²) < 4.78 is 0. The second-order valence-electron chi connectivity index (χ2n) is 9.90. The zero-order valence-corrected chi connectivity index (χ0v) is 20.7. The molecule has 0 heteroatoms. The van der Waals surface area contributed by atoms with E-state index in [0.29, 0.717) is 0 Å². The molecule has 0 N–H and O–H groups in total. The summed E-state index contributed by atoms with van der Waals surface area (Å²) in [6, 6.07) is 0. The molecule has 0 aliphatic carbocycles. The maximum Gasteiger partial charge on any atom is -0.0417 e. The van der Waals surface area contributed by atoms with Crippen LogP contribution in [0.4, 0.5) is 0 Å². The van der Waals surface area contributed by atoms with Crippen LogP contribution in [0.1, 0.15) is 169 Å². The quantitative estimate of drug-likeness (QED) is 0.151. The first kappa shape index (κ1) is 28.0. The van der Waals surface area contributed by atoms with Crippen molar-refractivity contribution in [1.82, 2.24) is 0 Å². The van der Waals surface area contributed by atoms with Gasteiger partial charge in [-0.25, -0.2) is 0 Å². The van der Waals surface area contributed by atoms with Crippen molar-refractivity contribution < 1.29 is 0 Å². The van der Waals surface area contributed by atoms with E-state index in [4.69, 9.17) is 0 Å². The molecule has 0 heterocycles. The van der Waals surface area contributed by atoms with Crippen LogP contribution in [0.2, 0.25) is 0 Å². The lowest BCUT2D eigenvalue weighted by Gasteiger charge is -2.19. The summed E-state index contributed by atoms with van der Waals surface area (Å²) in [6.45, 7) is 9.60. The Kier molecular flexibility index (Phi) is 23.3. The predicted molar refractivity (Wildman–Crippen MR) is 131 cm³/mol. The van der Waals surface area contributed by atoms with E-state index in [2.05, 4.69) is 27.7 Å². The minimum absolute atomic E-state index is 0.938. The fraction of sp³-hybridized carbons (Fsp3) is 1.00. The Bertz CT molecular complexity index is 269. The molecular formula is C28H58. The van der Waals surface area contributed by atoms with Crippen molar-refractivity contribution in [1.29, 1.82) is 0 Å². The smallest absolute Gasteiger partial charge is 0.0417 e. The molecule has 0 aromatic carbocycles. The highest BCUT2D eigenvalue weighted by molar-refractivity contribution is 4.63. The Labute approximate surface area is 181 Å². The van der Waals surface area contributed by atoms with Gasteiger partial charge in [-0.2, -0.15) is 0 Å². The minimum atomic E-state index is 0.938. The van der Waals surface area contributed by atoms with Crippen molar-refractivity contribution in [2.24, 2.45) is 11.8 Å². The van der Waals surface area contributed by atoms with Gasteiger partial charge in [-0.05, 0) is 11.8 Å². The van der Waals surface area contributed by atoms with Gasteiger partial charge in [-0.3, -0.25) is 0 Å². The molecule has 0 fully saturated rings. The fourth-order valence-corrected chi connectivity index (χ4v) is 4.48. The van der Waals surface area contributed by atoms with Gasteiger partial charge in [0.25, 0.3) is 0 Å². The second kappa shape index (κ2) is 23.3. The molecule has 0 aliphatic rings. The summed E-state index contributed by atoms with van der Waals surface area (Å²) in [5.41, 5.74) is 0. The molecule has 0 amide bonds. The van der Waals surface area contributed by atoms with Crippen molar-refractivity contribution in [3.63, 3.8) is 0 Å². The first-order valence-electron chi connectivity index (χ1n) is 13.7. The lowest BCUT2D eigenvalue weighted by Crippen LogP contribution is -2.08. The minimum Gasteiger partial charge on any atom is -0.0654 e. The molecular weight excluding hydrogens is 336 g/mol. The maximum absolute atomic E-state index is 2.50. The molecule has 2 unspecified atom stereocenters. The van der Waals surface area contributed by atoms with Crippen LogP contribution in [-0.4, -0.2) is 0 Å². The van der Waals surface area contributed by atoms with Gasteiger partial charge in [0.1, 0.15) is 0 Å². The van der Waals surface area contributed by atoms with Crippen LogP contribution in [0, 0.1) is 11.8 Å². The molecule has 0 aromatic rings. The highest BCUT2D eigenvalue weighted by Gasteiger charge is 2.11. The van der Waals surface area contributed by atoms with Crippen molar-refractivity contribution in [3.05, 3.63) is 0 Å². The topological polar surface area (TPSA) is 0 Å². The first-order valence-corrected chi connectivity index (χ1v) is 13.7. The van der Waals surface area contributed by atoms with Crippen LogP contribution in [0.3, 0.4) is 0 Å². The molecule has 0 saturated carbocycles. The zero-order chi connectivity index (χ0) is 20.7. The molecule has 0 aromatic heterocycles. The van der Waals surface area contributed by atoms with E-state index in [1.54, 1.807) is 0 Å². The van der Waals surface area contributed by atoms with Gasteiger partial charge in [-0.1, -0.05) is 169 Å². The van der Waals surface area contributed by atoms with Crippen LogP contribution < -0.4 is 0 Å². The maximum atomic E-state index is 2.50. The van der Waals surface area contributed by atoms with Gasteiger partial charge in [0.2, 0.25) is 0 Å². The van der Waals surface area contributed by atoms with E-state index in [9.17, 15) is 0 Å². The van der Waals surface area contributed by atoms with Crippen LogP contribution in [-0.2, 0) is 0 Å². The Morgan fingerprint density at radius 3 is 0.821 bits per heavy atom. The van der Waals surface area contributed by atoms with Gasteiger partial charge in [0, 0.05) is 0 Å². The van der Waals surface area contributed by atoms with E-state index < -0.39 is 0 Å². The predicted octanol–water partition coefficient (Wildman–Crippen LogP) is 10.9. The third-order valence-corrected chi connectivity index (χ3v) is 7.00. The highest BCUT2D eigenvalue weighted by Crippen LogP contribution is 2.24. The number of hydrogen-bond acceptors (Lipinski definition) is 0. The lowest BCUT2D eigenvalue weighted by atomic mass is 9.87. The molecule has 0 spiro atoms. The van der Waals surface area contributed by atoms with E-state index in [1.165, 1.54) is 141 Å². The number of unbranched alkanes of at least 4 members (excludes halogenated alkanes) is 18. The Morgan fingerprint density at radius 1 is 0.321 bits per heavy atom. The number of rotatable bonds is 23. The van der Waals surface area contributed by atoms with E-state index in [1.807, 2.05) is 0 Å². The molecule has 0 nitrogen and oxygen atoms in total. The van der Waals surface area contributed by atoms with Crippen LogP contribution >= 0.6 is 0 Å². The summed E-state index contributed by atoms with van der Waals surface area (Å²) in [5.74, 6) is 1.88. The van der Waals surface area contributed by atoms with Crippen molar-refractivity contribution in [2.45, 2.75) is 169 Å². The standard InChI is InChI=1S/C28H58/c1-5-7-9-11-12-13-14-15-16-17-18-19-20-21-22-24-26-28(4)27(3)25-23-10-8-6-2/h27-28H,5-26H2,1-4H3. The first-order chi connectivity index (χ1) is 13.7. The van der Waals surface area contributed by atoms with Crippen LogP contribution in [0.25, 0.3) is 0 Å². The molecule has 170 valence electrons. The van der Waals surface area contributed by atoms with Gasteiger partial charge >= 0.3 is 0 Å². The van der Waals surface area contributed by atoms with Gasteiger partial charge in [0.05, 0.1) is 0 Å². The van der Waals surface area contributed by atoms with Crippen molar-refractivity contribution in [3.8, 4) is 0 Å². The molecule has 2 atom stereocenters. The fourth-order valence-electron chi connectivity index (χ4n) is 4.48. The Morgan fingerprint density at radius 2 is 0.536 bits per heavy atom. The highest BCUT2D eigenvalue weighted by atomic mass is 14.2. The van der Waals surface area contributed by atoms with Crippen LogP contribution in [0.5, 0.6) is 0 Å². The summed E-state index contributed by atoms with van der Waals surface area (Å²) in [7, 11) is 0. The van der Waals surface area contributed by atoms with Gasteiger partial charge in [-0.15, -0.1) is 0 Å². The monoisotopic (exact) mass is 394 g/mol. The summed E-state index contributed by atoms with van der Waals surface area (Å²) in [6.07, 6.45) is 32.2. The van der Waals surface area contributed by atoms with Gasteiger partial charge in [0.15, 0.2) is 0 Å². The largest absolute Gasteiger partial charge is 0.0654 e. The average Bonchev–Trinajstić information content (AvgIpc) is 2.70. The molecule has 0 rings (SSSR count).